The summed E-state index contributed by atoms with van der Waals surface area (Å²) in [6.45, 7) is 6.89. The van der Waals surface area contributed by atoms with Gasteiger partial charge in [0.05, 0.1) is 6.54 Å². The first-order chi connectivity index (χ1) is 12.0. The molecule has 1 amide bonds. The fourth-order valence-electron chi connectivity index (χ4n) is 3.86. The lowest BCUT2D eigenvalue weighted by Gasteiger charge is -2.17. The normalized spacial score (nSPS) is 20.6. The van der Waals surface area contributed by atoms with Gasteiger partial charge in [-0.25, -0.2) is 0 Å². The van der Waals surface area contributed by atoms with Crippen molar-refractivity contribution in [3.63, 3.8) is 0 Å². The SMILES string of the molecule is Cc1cc(C)cc(NC(=O)CN2C[C@@H](CN)[C@H](c3ccccc3)C2)c1. The fraction of sp³-hybridized carbons (Fsp3) is 0.381. The van der Waals surface area contributed by atoms with Crippen LogP contribution in [-0.4, -0.2) is 37.0 Å². The average Bonchev–Trinajstić information content (AvgIpc) is 2.97. The second kappa shape index (κ2) is 7.81. The zero-order valence-corrected chi connectivity index (χ0v) is 15.0. The monoisotopic (exact) mass is 337 g/mol. The van der Waals surface area contributed by atoms with Crippen LogP contribution in [0.25, 0.3) is 0 Å². The van der Waals surface area contributed by atoms with Gasteiger partial charge in [-0.15, -0.1) is 0 Å². The lowest BCUT2D eigenvalue weighted by molar-refractivity contribution is -0.117. The average molecular weight is 337 g/mol. The molecule has 1 aliphatic heterocycles. The minimum absolute atomic E-state index is 0.0366. The van der Waals surface area contributed by atoms with Crippen LogP contribution in [-0.2, 0) is 4.79 Å². The molecule has 1 fully saturated rings. The molecular weight excluding hydrogens is 310 g/mol. The summed E-state index contributed by atoms with van der Waals surface area (Å²) in [4.78, 5) is 14.7. The number of carbonyl (C=O) groups excluding carboxylic acids is 1. The van der Waals surface area contributed by atoms with Gasteiger partial charge in [0, 0.05) is 24.7 Å². The van der Waals surface area contributed by atoms with Gasteiger partial charge in [-0.2, -0.15) is 0 Å². The second-order valence-corrected chi connectivity index (χ2v) is 7.13. The standard InChI is InChI=1S/C21H27N3O/c1-15-8-16(2)10-19(9-15)23-21(25)14-24-12-18(11-22)20(13-24)17-6-4-3-5-7-17/h3-10,18,20H,11-14,22H2,1-2H3,(H,23,25)/t18-,20+/m1/s1. The van der Waals surface area contributed by atoms with Crippen molar-refractivity contribution in [2.45, 2.75) is 19.8 Å². The summed E-state index contributed by atoms with van der Waals surface area (Å²) in [5, 5.41) is 3.03. The molecule has 2 aromatic rings. The van der Waals surface area contributed by atoms with Crippen LogP contribution in [0.1, 0.15) is 22.6 Å². The summed E-state index contributed by atoms with van der Waals surface area (Å²) in [7, 11) is 0. The molecule has 0 aliphatic carbocycles. The predicted molar refractivity (Wildman–Crippen MR) is 103 cm³/mol. The molecule has 25 heavy (non-hydrogen) atoms. The van der Waals surface area contributed by atoms with Crippen molar-refractivity contribution in [3.05, 3.63) is 65.2 Å². The molecule has 0 bridgehead atoms. The highest BCUT2D eigenvalue weighted by Gasteiger charge is 2.33. The van der Waals surface area contributed by atoms with E-state index in [1.54, 1.807) is 0 Å². The van der Waals surface area contributed by atoms with E-state index in [0.29, 0.717) is 24.9 Å². The van der Waals surface area contributed by atoms with Gasteiger partial charge < -0.3 is 11.1 Å². The van der Waals surface area contributed by atoms with Crippen LogP contribution in [0.5, 0.6) is 0 Å². The van der Waals surface area contributed by atoms with E-state index in [9.17, 15) is 4.79 Å². The van der Waals surface area contributed by atoms with Gasteiger partial charge in [0.1, 0.15) is 0 Å². The summed E-state index contributed by atoms with van der Waals surface area (Å²) in [5.41, 5.74) is 10.5. The third-order valence-electron chi connectivity index (χ3n) is 4.92. The quantitative estimate of drug-likeness (QED) is 0.882. The number of hydrogen-bond acceptors (Lipinski definition) is 3. The molecule has 1 heterocycles. The van der Waals surface area contributed by atoms with Crippen molar-refractivity contribution < 1.29 is 4.79 Å². The number of rotatable bonds is 5. The van der Waals surface area contributed by atoms with Gasteiger partial charge in [0.2, 0.25) is 5.91 Å². The number of likely N-dealkylation sites (tertiary alicyclic amines) is 1. The van der Waals surface area contributed by atoms with Crippen molar-refractivity contribution in [1.29, 1.82) is 0 Å². The molecule has 0 radical (unpaired) electrons. The fourth-order valence-corrected chi connectivity index (χ4v) is 3.86. The molecule has 0 spiro atoms. The van der Waals surface area contributed by atoms with Crippen LogP contribution in [0.2, 0.25) is 0 Å². The largest absolute Gasteiger partial charge is 0.330 e. The molecule has 4 nitrogen and oxygen atoms in total. The van der Waals surface area contributed by atoms with E-state index in [-0.39, 0.29) is 5.91 Å². The van der Waals surface area contributed by atoms with Crippen molar-refractivity contribution in [2.24, 2.45) is 11.7 Å². The highest BCUT2D eigenvalue weighted by molar-refractivity contribution is 5.92. The molecular formula is C21H27N3O. The van der Waals surface area contributed by atoms with E-state index in [4.69, 9.17) is 5.73 Å². The molecule has 0 unspecified atom stereocenters. The smallest absolute Gasteiger partial charge is 0.238 e. The Bertz CT molecular complexity index is 709. The Labute approximate surface area is 150 Å². The second-order valence-electron chi connectivity index (χ2n) is 7.13. The summed E-state index contributed by atoms with van der Waals surface area (Å²) >= 11 is 0. The Balaban J connectivity index is 1.62. The number of amides is 1. The molecule has 3 rings (SSSR count). The van der Waals surface area contributed by atoms with Gasteiger partial charge in [-0.3, -0.25) is 9.69 Å². The maximum Gasteiger partial charge on any atom is 0.238 e. The van der Waals surface area contributed by atoms with Crippen LogP contribution >= 0.6 is 0 Å². The van der Waals surface area contributed by atoms with Crippen molar-refractivity contribution >= 4 is 11.6 Å². The minimum Gasteiger partial charge on any atom is -0.330 e. The van der Waals surface area contributed by atoms with Gasteiger partial charge in [-0.1, -0.05) is 36.4 Å². The predicted octanol–water partition coefficient (Wildman–Crippen LogP) is 2.92. The zero-order chi connectivity index (χ0) is 17.8. The molecule has 3 N–H and O–H groups in total. The lowest BCUT2D eigenvalue weighted by atomic mass is 9.89. The lowest BCUT2D eigenvalue weighted by Crippen LogP contribution is -2.32. The Morgan fingerprint density at radius 3 is 2.44 bits per heavy atom. The summed E-state index contributed by atoms with van der Waals surface area (Å²) < 4.78 is 0. The number of benzene rings is 2. The maximum atomic E-state index is 12.4. The van der Waals surface area contributed by atoms with Crippen LogP contribution in [0.3, 0.4) is 0 Å². The van der Waals surface area contributed by atoms with Gasteiger partial charge in [0.25, 0.3) is 0 Å². The Kier molecular flexibility index (Phi) is 5.51. The Hall–Kier alpha value is -2.17. The summed E-state index contributed by atoms with van der Waals surface area (Å²) in [6.07, 6.45) is 0. The summed E-state index contributed by atoms with van der Waals surface area (Å²) in [6, 6.07) is 16.6. The van der Waals surface area contributed by atoms with Crippen molar-refractivity contribution in [3.8, 4) is 0 Å². The van der Waals surface area contributed by atoms with Crippen LogP contribution in [0, 0.1) is 19.8 Å². The zero-order valence-electron chi connectivity index (χ0n) is 15.0. The first kappa shape index (κ1) is 17.6. The molecule has 1 saturated heterocycles. The number of aryl methyl sites for hydroxylation is 2. The highest BCUT2D eigenvalue weighted by Crippen LogP contribution is 2.31. The highest BCUT2D eigenvalue weighted by atomic mass is 16.2. The van der Waals surface area contributed by atoms with E-state index in [1.165, 1.54) is 5.56 Å². The van der Waals surface area contributed by atoms with Crippen molar-refractivity contribution in [2.75, 3.05) is 31.5 Å². The number of nitrogens with one attached hydrogen (secondary N) is 1. The number of carbonyl (C=O) groups is 1. The van der Waals surface area contributed by atoms with Crippen LogP contribution < -0.4 is 11.1 Å². The van der Waals surface area contributed by atoms with Gasteiger partial charge in [0.15, 0.2) is 0 Å². The Morgan fingerprint density at radius 1 is 1.12 bits per heavy atom. The first-order valence-electron chi connectivity index (χ1n) is 8.90. The number of anilines is 1. The molecule has 1 aliphatic rings. The Morgan fingerprint density at radius 2 is 1.80 bits per heavy atom. The van der Waals surface area contributed by atoms with Crippen molar-refractivity contribution in [1.82, 2.24) is 4.90 Å². The number of nitrogens with zero attached hydrogens (tertiary/aromatic N) is 1. The van der Waals surface area contributed by atoms with Crippen LogP contribution in [0.4, 0.5) is 5.69 Å². The number of hydrogen-bond donors (Lipinski definition) is 2. The number of nitrogens with two attached hydrogens (primary N) is 1. The molecule has 132 valence electrons. The van der Waals surface area contributed by atoms with Gasteiger partial charge >= 0.3 is 0 Å². The molecule has 2 aromatic carbocycles. The van der Waals surface area contributed by atoms with E-state index in [1.807, 2.05) is 32.0 Å². The first-order valence-corrected chi connectivity index (χ1v) is 8.90. The van der Waals surface area contributed by atoms with Gasteiger partial charge in [-0.05, 0) is 55.1 Å². The van der Waals surface area contributed by atoms with Crippen LogP contribution in [0.15, 0.2) is 48.5 Å². The summed E-state index contributed by atoms with van der Waals surface area (Å²) in [5.74, 6) is 0.839. The van der Waals surface area contributed by atoms with E-state index in [0.717, 1.165) is 29.9 Å². The third kappa shape index (κ3) is 4.47. The minimum atomic E-state index is 0.0366. The molecule has 2 atom stereocenters. The topological polar surface area (TPSA) is 58.4 Å². The van der Waals surface area contributed by atoms with E-state index >= 15 is 0 Å². The molecule has 0 aromatic heterocycles. The molecule has 0 saturated carbocycles. The third-order valence-corrected chi connectivity index (χ3v) is 4.92. The van der Waals surface area contributed by atoms with E-state index < -0.39 is 0 Å². The maximum absolute atomic E-state index is 12.4. The van der Waals surface area contributed by atoms with E-state index in [2.05, 4.69) is 40.5 Å². The molecule has 4 heteroatoms.